The maximum atomic E-state index is 13.1. The van der Waals surface area contributed by atoms with Gasteiger partial charge in [-0.1, -0.05) is 12.1 Å². The van der Waals surface area contributed by atoms with Crippen molar-refractivity contribution in [2.24, 2.45) is 11.8 Å². The summed E-state index contributed by atoms with van der Waals surface area (Å²) < 4.78 is 13.1. The quantitative estimate of drug-likeness (QED) is 0.838. The Kier molecular flexibility index (Phi) is 5.54. The lowest BCUT2D eigenvalue weighted by Gasteiger charge is -2.34. The summed E-state index contributed by atoms with van der Waals surface area (Å²) in [6.07, 6.45) is 3.23. The zero-order valence-corrected chi connectivity index (χ0v) is 14.6. The van der Waals surface area contributed by atoms with E-state index in [9.17, 15) is 18.8 Å². The number of aliphatic carboxylic acids is 1. The summed E-state index contributed by atoms with van der Waals surface area (Å²) in [5, 5.41) is 9.16. The molecule has 26 heavy (non-hydrogen) atoms. The molecule has 1 aliphatic carbocycles. The molecule has 1 N–H and O–H groups in total. The van der Waals surface area contributed by atoms with Crippen molar-refractivity contribution in [2.75, 3.05) is 19.6 Å². The van der Waals surface area contributed by atoms with Crippen molar-refractivity contribution in [3.8, 4) is 0 Å². The van der Waals surface area contributed by atoms with E-state index >= 15 is 0 Å². The molecule has 1 atom stereocenters. The number of amides is 2. The van der Waals surface area contributed by atoms with Gasteiger partial charge in [-0.3, -0.25) is 14.4 Å². The third-order valence-electron chi connectivity index (χ3n) is 4.93. The first kappa shape index (κ1) is 18.4. The number of nitrogens with zero attached hydrogens (tertiary/aromatic N) is 2. The number of piperidine rings is 1. The third-order valence-corrected chi connectivity index (χ3v) is 4.93. The van der Waals surface area contributed by atoms with Gasteiger partial charge in [0.05, 0.1) is 5.92 Å². The number of carbonyl (C=O) groups is 3. The molecule has 2 aliphatic rings. The lowest BCUT2D eigenvalue weighted by molar-refractivity contribution is -0.149. The molecule has 1 heterocycles. The molecular weight excluding hydrogens is 339 g/mol. The number of halogens is 1. The van der Waals surface area contributed by atoms with Crippen molar-refractivity contribution in [1.29, 1.82) is 0 Å². The van der Waals surface area contributed by atoms with Gasteiger partial charge in [0.2, 0.25) is 11.8 Å². The molecule has 7 heteroatoms. The minimum atomic E-state index is -1.10. The molecule has 2 fully saturated rings. The second kappa shape index (κ2) is 7.85. The van der Waals surface area contributed by atoms with Crippen LogP contribution in [0.4, 0.5) is 4.39 Å². The maximum Gasteiger partial charge on any atom is 0.323 e. The average Bonchev–Trinajstić information content (AvgIpc) is 3.46. The van der Waals surface area contributed by atoms with Crippen molar-refractivity contribution in [3.05, 3.63) is 35.6 Å². The highest BCUT2D eigenvalue weighted by molar-refractivity contribution is 5.85. The van der Waals surface area contributed by atoms with Gasteiger partial charge in [-0.05, 0) is 43.4 Å². The molecule has 1 aromatic carbocycles. The second-order valence-corrected chi connectivity index (χ2v) is 7.11. The molecule has 3 rings (SSSR count). The molecule has 0 radical (unpaired) electrons. The first-order valence-electron chi connectivity index (χ1n) is 8.98. The zero-order chi connectivity index (χ0) is 18.7. The summed E-state index contributed by atoms with van der Waals surface area (Å²) in [5.41, 5.74) is 0.669. The summed E-state index contributed by atoms with van der Waals surface area (Å²) in [7, 11) is 0. The Hall–Kier alpha value is -2.44. The molecule has 0 bridgehead atoms. The van der Waals surface area contributed by atoms with Crippen molar-refractivity contribution in [1.82, 2.24) is 9.80 Å². The minimum absolute atomic E-state index is 0.109. The topological polar surface area (TPSA) is 77.9 Å². The lowest BCUT2D eigenvalue weighted by Crippen LogP contribution is -2.48. The number of carboxylic acid groups (broad SMARTS) is 1. The van der Waals surface area contributed by atoms with Crippen molar-refractivity contribution < 1.29 is 23.9 Å². The van der Waals surface area contributed by atoms with Crippen LogP contribution in [0, 0.1) is 17.7 Å². The fraction of sp³-hybridized carbons (Fsp3) is 0.526. The van der Waals surface area contributed by atoms with Gasteiger partial charge in [0.25, 0.3) is 0 Å². The molecule has 1 unspecified atom stereocenters. The Morgan fingerprint density at radius 2 is 1.81 bits per heavy atom. The Balaban J connectivity index is 1.68. The van der Waals surface area contributed by atoms with Crippen molar-refractivity contribution in [2.45, 2.75) is 32.2 Å². The SMILES string of the molecule is O=C(O)CN(Cc1ccc(F)cc1)C(=O)C1CCCN(C(=O)C2CC2)C1. The largest absolute Gasteiger partial charge is 0.480 e. The molecule has 0 spiro atoms. The van der Waals surface area contributed by atoms with Crippen LogP contribution >= 0.6 is 0 Å². The molecule has 6 nitrogen and oxygen atoms in total. The fourth-order valence-electron chi connectivity index (χ4n) is 3.41. The summed E-state index contributed by atoms with van der Waals surface area (Å²) in [4.78, 5) is 39.4. The normalized spacial score (nSPS) is 19.9. The van der Waals surface area contributed by atoms with Crippen LogP contribution in [0.15, 0.2) is 24.3 Å². The van der Waals surface area contributed by atoms with E-state index in [2.05, 4.69) is 0 Å². The number of benzene rings is 1. The van der Waals surface area contributed by atoms with Gasteiger partial charge in [-0.25, -0.2) is 4.39 Å². The van der Waals surface area contributed by atoms with E-state index in [0.717, 1.165) is 19.3 Å². The molecule has 2 amide bonds. The predicted molar refractivity (Wildman–Crippen MR) is 91.5 cm³/mol. The Morgan fingerprint density at radius 3 is 2.42 bits per heavy atom. The second-order valence-electron chi connectivity index (χ2n) is 7.11. The molecule has 1 saturated carbocycles. The van der Waals surface area contributed by atoms with Crippen molar-refractivity contribution in [3.63, 3.8) is 0 Å². The maximum absolute atomic E-state index is 13.1. The van der Waals surface area contributed by atoms with E-state index in [-0.39, 0.29) is 36.0 Å². The van der Waals surface area contributed by atoms with Crippen LogP contribution in [0.3, 0.4) is 0 Å². The van der Waals surface area contributed by atoms with Gasteiger partial charge in [-0.2, -0.15) is 0 Å². The van der Waals surface area contributed by atoms with E-state index in [4.69, 9.17) is 5.11 Å². The molecule has 1 saturated heterocycles. The number of rotatable bonds is 6. The highest BCUT2D eigenvalue weighted by atomic mass is 19.1. The Morgan fingerprint density at radius 1 is 1.12 bits per heavy atom. The number of carboxylic acids is 1. The van der Waals surface area contributed by atoms with Crippen LogP contribution in [0.25, 0.3) is 0 Å². The zero-order valence-electron chi connectivity index (χ0n) is 14.6. The number of carbonyl (C=O) groups excluding carboxylic acids is 2. The highest BCUT2D eigenvalue weighted by Crippen LogP contribution is 2.32. The Bertz CT molecular complexity index is 687. The summed E-state index contributed by atoms with van der Waals surface area (Å²) in [5.74, 6) is -1.89. The first-order valence-corrected chi connectivity index (χ1v) is 8.98. The van der Waals surface area contributed by atoms with Gasteiger partial charge >= 0.3 is 5.97 Å². The number of hydrogen-bond acceptors (Lipinski definition) is 3. The third kappa shape index (κ3) is 4.59. The monoisotopic (exact) mass is 362 g/mol. The van der Waals surface area contributed by atoms with Gasteiger partial charge in [0.15, 0.2) is 0 Å². The number of likely N-dealkylation sites (tertiary alicyclic amines) is 1. The lowest BCUT2D eigenvalue weighted by atomic mass is 9.95. The van der Waals surface area contributed by atoms with Gasteiger partial charge in [0, 0.05) is 25.6 Å². The first-order chi connectivity index (χ1) is 12.4. The summed E-state index contributed by atoms with van der Waals surface area (Å²) >= 11 is 0. The van der Waals surface area contributed by atoms with Crippen LogP contribution in [0.1, 0.15) is 31.2 Å². The fourth-order valence-corrected chi connectivity index (χ4v) is 3.41. The highest BCUT2D eigenvalue weighted by Gasteiger charge is 2.37. The molecular formula is C19H23FN2O4. The van der Waals surface area contributed by atoms with E-state index in [1.54, 1.807) is 17.0 Å². The predicted octanol–water partition coefficient (Wildman–Crippen LogP) is 1.89. The van der Waals surface area contributed by atoms with E-state index in [1.807, 2.05) is 0 Å². The van der Waals surface area contributed by atoms with Crippen LogP contribution in [0.2, 0.25) is 0 Å². The van der Waals surface area contributed by atoms with Crippen LogP contribution < -0.4 is 0 Å². The van der Waals surface area contributed by atoms with Crippen LogP contribution in [-0.2, 0) is 20.9 Å². The molecule has 0 aromatic heterocycles. The number of hydrogen-bond donors (Lipinski definition) is 1. The van der Waals surface area contributed by atoms with Crippen molar-refractivity contribution >= 4 is 17.8 Å². The summed E-state index contributed by atoms with van der Waals surface area (Å²) in [6.45, 7) is 0.714. The van der Waals surface area contributed by atoms with E-state index in [0.29, 0.717) is 25.1 Å². The van der Waals surface area contributed by atoms with Crippen LogP contribution in [-0.4, -0.2) is 52.3 Å². The van der Waals surface area contributed by atoms with Gasteiger partial charge in [-0.15, -0.1) is 0 Å². The summed E-state index contributed by atoms with van der Waals surface area (Å²) in [6, 6.07) is 5.66. The average molecular weight is 362 g/mol. The van der Waals surface area contributed by atoms with Gasteiger partial charge in [0.1, 0.15) is 12.4 Å². The standard InChI is InChI=1S/C19H23FN2O4/c20-16-7-3-13(4-8-16)10-22(12-17(23)24)19(26)15-2-1-9-21(11-15)18(25)14-5-6-14/h3-4,7-8,14-15H,1-2,5-6,9-12H2,(H,23,24). The molecule has 1 aromatic rings. The minimum Gasteiger partial charge on any atom is -0.480 e. The van der Waals surface area contributed by atoms with Gasteiger partial charge < -0.3 is 14.9 Å². The molecule has 1 aliphatic heterocycles. The molecule has 140 valence electrons. The van der Waals surface area contributed by atoms with Crippen LogP contribution in [0.5, 0.6) is 0 Å². The smallest absolute Gasteiger partial charge is 0.323 e. The van der Waals surface area contributed by atoms with E-state index < -0.39 is 12.5 Å². The Labute approximate surface area is 151 Å². The van der Waals surface area contributed by atoms with E-state index in [1.165, 1.54) is 17.0 Å².